The van der Waals surface area contributed by atoms with Crippen LogP contribution in [0.15, 0.2) is 237 Å². The first-order valence-corrected chi connectivity index (χ1v) is 22.3. The Kier molecular flexibility index (Phi) is 8.40. The molecule has 0 saturated heterocycles. The summed E-state index contributed by atoms with van der Waals surface area (Å²) >= 11 is 0. The molecule has 0 N–H and O–H groups in total. The third kappa shape index (κ3) is 5.85. The lowest BCUT2D eigenvalue weighted by Gasteiger charge is -2.27. The number of allylic oxidation sites excluding steroid dienone is 4. The van der Waals surface area contributed by atoms with Crippen LogP contribution in [0.4, 0.5) is 11.4 Å². The molecule has 0 bridgehead atoms. The minimum Gasteiger partial charge on any atom is -0.337 e. The van der Waals surface area contributed by atoms with Gasteiger partial charge in [0.15, 0.2) is 0 Å². The Morgan fingerprint density at radius 3 is 1.28 bits per heavy atom. The van der Waals surface area contributed by atoms with Crippen LogP contribution >= 0.6 is 0 Å². The number of fused-ring (bicyclic) bond motifs is 10. The van der Waals surface area contributed by atoms with Gasteiger partial charge in [-0.3, -0.25) is 0 Å². The highest BCUT2D eigenvalue weighted by Gasteiger charge is 2.20. The second-order valence-electron chi connectivity index (χ2n) is 17.0. The first kappa shape index (κ1) is 37.0. The van der Waals surface area contributed by atoms with Gasteiger partial charge in [0.25, 0.3) is 0 Å². The molecule has 0 saturated carbocycles. The van der Waals surface area contributed by atoms with E-state index in [0.717, 1.165) is 46.1 Å². The SMILES string of the molecule is C=C1/C=C\C=C/CN(c2cccc(-n3c4ccccc4c4cc(-c5ccc6c(c5)c5ccccc5n6-c5cccc(-n6c7ccccc7c7ccccc76)c5)ccc43)c2)c2ccccc21. The van der Waals surface area contributed by atoms with Gasteiger partial charge in [0.05, 0.1) is 33.1 Å². The lowest BCUT2D eigenvalue weighted by Crippen LogP contribution is -2.18. The molecule has 12 aromatic rings. The number of anilines is 2. The van der Waals surface area contributed by atoms with Crippen molar-refractivity contribution in [3.8, 4) is 28.2 Å². The van der Waals surface area contributed by atoms with Crippen molar-refractivity contribution < 1.29 is 0 Å². The summed E-state index contributed by atoms with van der Waals surface area (Å²) in [4.78, 5) is 2.38. The maximum absolute atomic E-state index is 4.40. The Hall–Kier alpha value is -8.60. The van der Waals surface area contributed by atoms with E-state index in [1.54, 1.807) is 0 Å². The van der Waals surface area contributed by atoms with Crippen molar-refractivity contribution in [3.05, 3.63) is 243 Å². The van der Waals surface area contributed by atoms with Gasteiger partial charge in [0.2, 0.25) is 0 Å². The molecule has 65 heavy (non-hydrogen) atoms. The summed E-state index contributed by atoms with van der Waals surface area (Å²) in [6, 6.07) is 75.5. The van der Waals surface area contributed by atoms with Crippen LogP contribution in [0, 0.1) is 0 Å². The van der Waals surface area contributed by atoms with E-state index in [2.05, 4.69) is 256 Å². The monoisotopic (exact) mass is 830 g/mol. The lowest BCUT2D eigenvalue weighted by atomic mass is 10.0. The topological polar surface area (TPSA) is 18.0 Å². The van der Waals surface area contributed by atoms with E-state index in [4.69, 9.17) is 0 Å². The molecule has 0 fully saturated rings. The average molecular weight is 831 g/mol. The van der Waals surface area contributed by atoms with Crippen molar-refractivity contribution in [2.45, 2.75) is 0 Å². The molecule has 3 aromatic heterocycles. The zero-order valence-corrected chi connectivity index (χ0v) is 35.6. The van der Waals surface area contributed by atoms with Gasteiger partial charge >= 0.3 is 0 Å². The minimum absolute atomic E-state index is 0.743. The number of hydrogen-bond acceptors (Lipinski definition) is 1. The summed E-state index contributed by atoms with van der Waals surface area (Å²) < 4.78 is 7.24. The fraction of sp³-hybridized carbons (Fsp3) is 0.0164. The van der Waals surface area contributed by atoms with Crippen molar-refractivity contribution in [3.63, 3.8) is 0 Å². The van der Waals surface area contributed by atoms with Crippen molar-refractivity contribution >= 4 is 82.4 Å². The summed E-state index contributed by atoms with van der Waals surface area (Å²) in [6.07, 6.45) is 8.49. The first-order chi connectivity index (χ1) is 32.2. The number of nitrogens with zero attached hydrogens (tertiary/aromatic N) is 4. The van der Waals surface area contributed by atoms with E-state index in [0.29, 0.717) is 0 Å². The van der Waals surface area contributed by atoms with Crippen LogP contribution in [-0.4, -0.2) is 20.2 Å². The van der Waals surface area contributed by atoms with Gasteiger partial charge in [-0.25, -0.2) is 0 Å². The summed E-state index contributed by atoms with van der Waals surface area (Å²) in [7, 11) is 0. The molecular formula is C61H42N4. The van der Waals surface area contributed by atoms with Crippen molar-refractivity contribution in [2.75, 3.05) is 11.4 Å². The normalized spacial score (nSPS) is 14.0. The molecule has 1 aliphatic heterocycles. The van der Waals surface area contributed by atoms with Gasteiger partial charge in [-0.15, -0.1) is 0 Å². The zero-order chi connectivity index (χ0) is 43.0. The fourth-order valence-electron chi connectivity index (χ4n) is 10.5. The van der Waals surface area contributed by atoms with Crippen molar-refractivity contribution in [2.24, 2.45) is 0 Å². The first-order valence-electron chi connectivity index (χ1n) is 22.3. The summed E-state index contributed by atoms with van der Waals surface area (Å²) in [5, 5.41) is 7.45. The summed E-state index contributed by atoms with van der Waals surface area (Å²) in [5.41, 5.74) is 17.3. The summed E-state index contributed by atoms with van der Waals surface area (Å²) in [5.74, 6) is 0. The van der Waals surface area contributed by atoms with Gasteiger partial charge < -0.3 is 18.6 Å². The van der Waals surface area contributed by atoms with Gasteiger partial charge in [0, 0.05) is 72.9 Å². The molecular weight excluding hydrogens is 789 g/mol. The Labute approximate surface area is 376 Å². The molecule has 1 aliphatic rings. The van der Waals surface area contributed by atoms with E-state index >= 15 is 0 Å². The van der Waals surface area contributed by atoms with E-state index < -0.39 is 0 Å². The molecule has 9 aromatic carbocycles. The Morgan fingerprint density at radius 1 is 0.338 bits per heavy atom. The Morgan fingerprint density at radius 2 is 0.754 bits per heavy atom. The molecule has 0 atom stereocenters. The van der Waals surface area contributed by atoms with E-state index in [-0.39, 0.29) is 0 Å². The predicted octanol–water partition coefficient (Wildman–Crippen LogP) is 15.9. The zero-order valence-electron chi connectivity index (χ0n) is 35.6. The van der Waals surface area contributed by atoms with Gasteiger partial charge in [-0.2, -0.15) is 0 Å². The lowest BCUT2D eigenvalue weighted by molar-refractivity contribution is 1.08. The Bertz CT molecular complexity index is 3910. The molecule has 0 aliphatic carbocycles. The molecule has 0 radical (unpaired) electrons. The van der Waals surface area contributed by atoms with Gasteiger partial charge in [0.1, 0.15) is 0 Å². The standard InChI is InChI=1S/C61H42N4/c1-41-17-3-2-14-36-62(55-27-9-4-22-48(41)55)44-18-15-19-45(39-44)64-58-30-12-7-25-51(58)53-37-42(32-34-60(53)64)43-33-35-61-54(38-43)52-26-8-13-31-59(52)65(61)47-21-16-20-46(40-47)63-56-28-10-5-23-49(56)50-24-6-11-29-57(50)63/h2-35,37-40H,1,36H2/b14-2-,17-3-. The molecule has 13 rings (SSSR count). The molecule has 0 spiro atoms. The summed E-state index contributed by atoms with van der Waals surface area (Å²) in [6.45, 7) is 5.14. The molecule has 306 valence electrons. The number of aromatic nitrogens is 3. The van der Waals surface area contributed by atoms with E-state index in [1.165, 1.54) is 76.5 Å². The van der Waals surface area contributed by atoms with Crippen molar-refractivity contribution in [1.29, 1.82) is 0 Å². The Balaban J connectivity index is 0.923. The number of benzene rings is 9. The smallest absolute Gasteiger partial charge is 0.0541 e. The van der Waals surface area contributed by atoms with E-state index in [1.807, 2.05) is 0 Å². The third-order valence-corrected chi connectivity index (χ3v) is 13.4. The van der Waals surface area contributed by atoms with Gasteiger partial charge in [-0.1, -0.05) is 146 Å². The van der Waals surface area contributed by atoms with Crippen LogP contribution in [0.3, 0.4) is 0 Å². The molecule has 4 heterocycles. The highest BCUT2D eigenvalue weighted by atomic mass is 15.1. The van der Waals surface area contributed by atoms with Gasteiger partial charge in [-0.05, 0) is 108 Å². The highest BCUT2D eigenvalue weighted by Crippen LogP contribution is 2.41. The maximum atomic E-state index is 4.40. The second-order valence-corrected chi connectivity index (χ2v) is 17.0. The second kappa shape index (κ2) is 14.8. The average Bonchev–Trinajstić information content (AvgIpc) is 4.02. The minimum atomic E-state index is 0.743. The number of rotatable bonds is 5. The van der Waals surface area contributed by atoms with Crippen LogP contribution in [0.5, 0.6) is 0 Å². The fourth-order valence-corrected chi connectivity index (χ4v) is 10.5. The number of hydrogen-bond donors (Lipinski definition) is 0. The highest BCUT2D eigenvalue weighted by molar-refractivity contribution is 6.13. The quantitative estimate of drug-likeness (QED) is 0.169. The van der Waals surface area contributed by atoms with Crippen LogP contribution < -0.4 is 4.90 Å². The van der Waals surface area contributed by atoms with Crippen molar-refractivity contribution in [1.82, 2.24) is 13.7 Å². The van der Waals surface area contributed by atoms with Crippen LogP contribution in [0.1, 0.15) is 5.56 Å². The third-order valence-electron chi connectivity index (χ3n) is 13.4. The largest absolute Gasteiger partial charge is 0.337 e. The maximum Gasteiger partial charge on any atom is 0.0541 e. The molecule has 4 nitrogen and oxygen atoms in total. The van der Waals surface area contributed by atoms with Crippen LogP contribution in [0.2, 0.25) is 0 Å². The van der Waals surface area contributed by atoms with E-state index in [9.17, 15) is 0 Å². The number of para-hydroxylation sites is 5. The predicted molar refractivity (Wildman–Crippen MR) is 276 cm³/mol. The van der Waals surface area contributed by atoms with Crippen LogP contribution in [0.25, 0.3) is 99.2 Å². The molecule has 0 amide bonds. The molecule has 4 heteroatoms. The molecule has 0 unspecified atom stereocenters. The van der Waals surface area contributed by atoms with Crippen LogP contribution in [-0.2, 0) is 0 Å².